The van der Waals surface area contributed by atoms with Crippen molar-refractivity contribution in [2.45, 2.75) is 13.6 Å². The lowest BCUT2D eigenvalue weighted by molar-refractivity contribution is 0.378. The monoisotopic (exact) mass is 246 g/mol. The lowest BCUT2D eigenvalue weighted by Crippen LogP contribution is -1.92. The first-order chi connectivity index (χ1) is 8.74. The van der Waals surface area contributed by atoms with Gasteiger partial charge in [-0.05, 0) is 42.3 Å². The molecule has 0 spiro atoms. The molecule has 94 valence electrons. The Hall–Kier alpha value is -2.03. The van der Waals surface area contributed by atoms with Gasteiger partial charge in [0.25, 0.3) is 0 Å². The van der Waals surface area contributed by atoms with Gasteiger partial charge in [0.2, 0.25) is 0 Å². The third-order valence-corrected chi connectivity index (χ3v) is 2.68. The minimum absolute atomic E-state index is 0.463. The molecule has 0 radical (unpaired) electrons. The van der Waals surface area contributed by atoms with E-state index in [1.54, 1.807) is 25.3 Å². The predicted molar refractivity (Wildman–Crippen MR) is 69.1 cm³/mol. The van der Waals surface area contributed by atoms with Crippen LogP contribution in [-0.2, 0) is 6.67 Å². The third-order valence-electron chi connectivity index (χ3n) is 2.68. The zero-order chi connectivity index (χ0) is 13.0. The molecule has 2 rings (SSSR count). The molecule has 3 heteroatoms. The van der Waals surface area contributed by atoms with Gasteiger partial charge in [-0.25, -0.2) is 4.39 Å². The summed E-state index contributed by atoms with van der Waals surface area (Å²) in [7, 11) is 1.60. The van der Waals surface area contributed by atoms with E-state index in [0.717, 1.165) is 5.56 Å². The highest BCUT2D eigenvalue weighted by atomic mass is 19.1. The zero-order valence-electron chi connectivity index (χ0n) is 10.4. The predicted octanol–water partition coefficient (Wildman–Crippen LogP) is 4.27. The van der Waals surface area contributed by atoms with Crippen molar-refractivity contribution >= 4 is 0 Å². The van der Waals surface area contributed by atoms with Gasteiger partial charge in [0.1, 0.15) is 12.4 Å². The van der Waals surface area contributed by atoms with Gasteiger partial charge < -0.3 is 9.47 Å². The van der Waals surface area contributed by atoms with Crippen LogP contribution in [0.2, 0.25) is 0 Å². The van der Waals surface area contributed by atoms with Crippen molar-refractivity contribution in [3.63, 3.8) is 0 Å². The van der Waals surface area contributed by atoms with Crippen molar-refractivity contribution in [2.75, 3.05) is 7.11 Å². The van der Waals surface area contributed by atoms with Gasteiger partial charge in [-0.3, -0.25) is 0 Å². The van der Waals surface area contributed by atoms with Gasteiger partial charge in [-0.1, -0.05) is 18.2 Å². The lowest BCUT2D eigenvalue weighted by Gasteiger charge is -2.12. The van der Waals surface area contributed by atoms with Crippen LogP contribution < -0.4 is 9.47 Å². The molecular weight excluding hydrogens is 231 g/mol. The normalized spacial score (nSPS) is 10.2. The second kappa shape index (κ2) is 5.54. The minimum Gasteiger partial charge on any atom is -0.493 e. The van der Waals surface area contributed by atoms with Crippen LogP contribution in [-0.4, -0.2) is 7.11 Å². The molecule has 0 aliphatic rings. The highest BCUT2D eigenvalue weighted by Gasteiger charge is 2.07. The largest absolute Gasteiger partial charge is 0.493 e. The Kier molecular flexibility index (Phi) is 3.82. The molecule has 0 fully saturated rings. The summed E-state index contributed by atoms with van der Waals surface area (Å²) in [4.78, 5) is 0. The summed E-state index contributed by atoms with van der Waals surface area (Å²) in [5.41, 5.74) is 1.55. The van der Waals surface area contributed by atoms with Crippen LogP contribution in [0.1, 0.15) is 11.1 Å². The molecule has 0 unspecified atom stereocenters. The lowest BCUT2D eigenvalue weighted by atomic mass is 10.1. The number of alkyl halides is 1. The number of benzene rings is 2. The van der Waals surface area contributed by atoms with E-state index in [9.17, 15) is 4.39 Å². The molecule has 2 aromatic carbocycles. The summed E-state index contributed by atoms with van der Waals surface area (Å²) in [5, 5.41) is 0. The van der Waals surface area contributed by atoms with Crippen molar-refractivity contribution in [3.8, 4) is 17.2 Å². The zero-order valence-corrected chi connectivity index (χ0v) is 10.4. The molecule has 0 aliphatic carbocycles. The fraction of sp³-hybridized carbons (Fsp3) is 0.200. The topological polar surface area (TPSA) is 18.5 Å². The van der Waals surface area contributed by atoms with Crippen LogP contribution in [0, 0.1) is 6.92 Å². The maximum absolute atomic E-state index is 12.5. The summed E-state index contributed by atoms with van der Waals surface area (Å²) in [6, 6.07) is 12.7. The Morgan fingerprint density at radius 1 is 1.00 bits per heavy atom. The van der Waals surface area contributed by atoms with Gasteiger partial charge in [0.15, 0.2) is 11.5 Å². The van der Waals surface area contributed by atoms with Crippen molar-refractivity contribution < 1.29 is 13.9 Å². The van der Waals surface area contributed by atoms with E-state index < -0.39 is 6.67 Å². The molecule has 18 heavy (non-hydrogen) atoms. The van der Waals surface area contributed by atoms with E-state index in [2.05, 4.69) is 0 Å². The molecule has 0 bridgehead atoms. The van der Waals surface area contributed by atoms with Gasteiger partial charge >= 0.3 is 0 Å². The minimum atomic E-state index is -0.463. The molecule has 0 heterocycles. The van der Waals surface area contributed by atoms with Gasteiger partial charge in [-0.15, -0.1) is 0 Å². The molecule has 0 aromatic heterocycles. The summed E-state index contributed by atoms with van der Waals surface area (Å²) in [6.07, 6.45) is 0. The Morgan fingerprint density at radius 3 is 2.33 bits per heavy atom. The number of hydrogen-bond acceptors (Lipinski definition) is 2. The third kappa shape index (κ3) is 2.62. The van der Waals surface area contributed by atoms with Gasteiger partial charge in [-0.2, -0.15) is 0 Å². The number of para-hydroxylation sites is 2. The van der Waals surface area contributed by atoms with Crippen LogP contribution >= 0.6 is 0 Å². The fourth-order valence-electron chi connectivity index (χ4n) is 1.73. The first kappa shape index (κ1) is 12.4. The molecule has 2 nitrogen and oxygen atoms in total. The standard InChI is InChI=1S/C15H15FO2/c1-11-9-12(10-16)7-8-13(11)18-15-6-4-3-5-14(15)17-2/h3-9H,10H2,1-2H3. The molecule has 0 N–H and O–H groups in total. The van der Waals surface area contributed by atoms with Crippen LogP contribution in [0.25, 0.3) is 0 Å². The maximum Gasteiger partial charge on any atom is 0.169 e. The SMILES string of the molecule is COc1ccccc1Oc1ccc(CF)cc1C. The Balaban J connectivity index is 2.28. The Labute approximate surface area is 106 Å². The maximum atomic E-state index is 12.5. The number of ether oxygens (including phenoxy) is 2. The molecule has 0 saturated heterocycles. The number of hydrogen-bond donors (Lipinski definition) is 0. The van der Waals surface area contributed by atoms with Crippen LogP contribution in [0.15, 0.2) is 42.5 Å². The first-order valence-electron chi connectivity index (χ1n) is 5.71. The summed E-state index contributed by atoms with van der Waals surface area (Å²) in [5.74, 6) is 2.03. The van der Waals surface area contributed by atoms with Crippen molar-refractivity contribution in [1.29, 1.82) is 0 Å². The Morgan fingerprint density at radius 2 is 1.72 bits per heavy atom. The average Bonchev–Trinajstić information content (AvgIpc) is 2.41. The molecule has 0 amide bonds. The number of halogens is 1. The van der Waals surface area contributed by atoms with E-state index in [-0.39, 0.29) is 0 Å². The van der Waals surface area contributed by atoms with Crippen molar-refractivity contribution in [3.05, 3.63) is 53.6 Å². The smallest absolute Gasteiger partial charge is 0.169 e. The van der Waals surface area contributed by atoms with Crippen molar-refractivity contribution in [2.24, 2.45) is 0 Å². The van der Waals surface area contributed by atoms with Crippen LogP contribution in [0.5, 0.6) is 17.2 Å². The molecular formula is C15H15FO2. The number of methoxy groups -OCH3 is 1. The van der Waals surface area contributed by atoms with Gasteiger partial charge in [0.05, 0.1) is 7.11 Å². The summed E-state index contributed by atoms with van der Waals surface area (Å²) >= 11 is 0. The summed E-state index contributed by atoms with van der Waals surface area (Å²) < 4.78 is 23.5. The highest BCUT2D eigenvalue weighted by molar-refractivity contribution is 5.45. The van der Waals surface area contributed by atoms with E-state index in [1.807, 2.05) is 31.2 Å². The van der Waals surface area contributed by atoms with E-state index in [4.69, 9.17) is 9.47 Å². The summed E-state index contributed by atoms with van der Waals surface area (Å²) in [6.45, 7) is 1.43. The van der Waals surface area contributed by atoms with Crippen molar-refractivity contribution in [1.82, 2.24) is 0 Å². The van der Waals surface area contributed by atoms with Crippen LogP contribution in [0.3, 0.4) is 0 Å². The molecule has 0 saturated carbocycles. The number of aryl methyl sites for hydroxylation is 1. The average molecular weight is 246 g/mol. The highest BCUT2D eigenvalue weighted by Crippen LogP contribution is 2.32. The number of rotatable bonds is 4. The molecule has 0 aliphatic heterocycles. The van der Waals surface area contributed by atoms with E-state index in [0.29, 0.717) is 22.8 Å². The fourth-order valence-corrected chi connectivity index (χ4v) is 1.73. The van der Waals surface area contributed by atoms with E-state index in [1.165, 1.54) is 0 Å². The first-order valence-corrected chi connectivity index (χ1v) is 5.71. The second-order valence-corrected chi connectivity index (χ2v) is 3.99. The molecule has 0 atom stereocenters. The second-order valence-electron chi connectivity index (χ2n) is 3.99. The Bertz CT molecular complexity index is 538. The van der Waals surface area contributed by atoms with Gasteiger partial charge in [0, 0.05) is 0 Å². The quantitative estimate of drug-likeness (QED) is 0.802. The van der Waals surface area contributed by atoms with E-state index >= 15 is 0 Å². The van der Waals surface area contributed by atoms with Crippen LogP contribution in [0.4, 0.5) is 4.39 Å². The molecule has 2 aromatic rings.